The molecule has 1 saturated carbocycles. The zero-order valence-electron chi connectivity index (χ0n) is 19.7. The van der Waals surface area contributed by atoms with E-state index in [-0.39, 0.29) is 36.4 Å². The van der Waals surface area contributed by atoms with E-state index in [1.165, 1.54) is 18.4 Å². The molecule has 0 aliphatic heterocycles. The topological polar surface area (TPSA) is 75.2 Å². The van der Waals surface area contributed by atoms with Crippen LogP contribution in [0.3, 0.4) is 0 Å². The Balaban J connectivity index is 0.00000385. The van der Waals surface area contributed by atoms with Crippen molar-refractivity contribution >= 4 is 35.8 Å². The molecule has 0 atom stereocenters. The minimum Gasteiger partial charge on any atom is -0.497 e. The van der Waals surface area contributed by atoms with E-state index in [1.54, 1.807) is 26.1 Å². The van der Waals surface area contributed by atoms with E-state index in [9.17, 15) is 4.79 Å². The molecule has 0 heterocycles. The van der Waals surface area contributed by atoms with Gasteiger partial charge in [0.25, 0.3) is 0 Å². The van der Waals surface area contributed by atoms with Crippen molar-refractivity contribution < 1.29 is 14.3 Å². The van der Waals surface area contributed by atoms with Gasteiger partial charge in [0.2, 0.25) is 5.91 Å². The second-order valence-electron chi connectivity index (χ2n) is 8.19. The third-order valence-corrected chi connectivity index (χ3v) is 5.32. The van der Waals surface area contributed by atoms with Crippen molar-refractivity contribution in [3.05, 3.63) is 59.7 Å². The van der Waals surface area contributed by atoms with Crippen LogP contribution in [0.5, 0.6) is 11.5 Å². The molecule has 7 nitrogen and oxygen atoms in total. The lowest BCUT2D eigenvalue weighted by atomic mass is 10.1. The standard InChI is InChI=1S/C25H34N4O3.HI/c1-29(2)24(30)17-28-25(26-15-14-19-10-12-22(31-3)13-11-19)27-16-21-6-4-5-7-23(21)32-18-20-8-9-20;/h4-7,10-13,20H,8-9,14-18H2,1-3H3,(H2,26,27,28);1H. The van der Waals surface area contributed by atoms with Crippen LogP contribution in [-0.2, 0) is 17.8 Å². The lowest BCUT2D eigenvalue weighted by Gasteiger charge is -2.16. The monoisotopic (exact) mass is 566 g/mol. The molecule has 180 valence electrons. The predicted octanol–water partition coefficient (Wildman–Crippen LogP) is 3.47. The van der Waals surface area contributed by atoms with Gasteiger partial charge in [-0.2, -0.15) is 0 Å². The van der Waals surface area contributed by atoms with Gasteiger partial charge in [0.05, 0.1) is 26.8 Å². The smallest absolute Gasteiger partial charge is 0.241 e. The lowest BCUT2D eigenvalue weighted by Crippen LogP contribution is -2.43. The highest BCUT2D eigenvalue weighted by Gasteiger charge is 2.22. The summed E-state index contributed by atoms with van der Waals surface area (Å²) in [6, 6.07) is 16.0. The van der Waals surface area contributed by atoms with Crippen LogP contribution in [0, 0.1) is 5.92 Å². The minimum atomic E-state index is -0.0113. The van der Waals surface area contributed by atoms with E-state index in [0.29, 0.717) is 25.0 Å². The number of hydrogen-bond acceptors (Lipinski definition) is 4. The number of ether oxygens (including phenoxy) is 2. The fourth-order valence-electron chi connectivity index (χ4n) is 3.04. The minimum absolute atomic E-state index is 0. The summed E-state index contributed by atoms with van der Waals surface area (Å²) in [5.41, 5.74) is 2.23. The molecule has 0 aromatic heterocycles. The van der Waals surface area contributed by atoms with Crippen LogP contribution >= 0.6 is 24.0 Å². The van der Waals surface area contributed by atoms with Crippen molar-refractivity contribution in [3.63, 3.8) is 0 Å². The maximum Gasteiger partial charge on any atom is 0.241 e. The van der Waals surface area contributed by atoms with Gasteiger partial charge in [-0.1, -0.05) is 30.3 Å². The number of methoxy groups -OCH3 is 1. The average Bonchev–Trinajstić information content (AvgIpc) is 3.64. The van der Waals surface area contributed by atoms with Gasteiger partial charge in [0, 0.05) is 26.2 Å². The fraction of sp³-hybridized carbons (Fsp3) is 0.440. The van der Waals surface area contributed by atoms with E-state index in [0.717, 1.165) is 30.1 Å². The van der Waals surface area contributed by atoms with Crippen LogP contribution in [-0.4, -0.2) is 57.7 Å². The molecule has 2 N–H and O–H groups in total. The molecule has 0 spiro atoms. The van der Waals surface area contributed by atoms with E-state index < -0.39 is 0 Å². The molecule has 0 saturated heterocycles. The molecule has 33 heavy (non-hydrogen) atoms. The number of para-hydroxylation sites is 1. The molecule has 0 bridgehead atoms. The number of carbonyl (C=O) groups excluding carboxylic acids is 1. The average molecular weight is 566 g/mol. The van der Waals surface area contributed by atoms with Crippen LogP contribution in [0.15, 0.2) is 53.5 Å². The number of amides is 1. The molecule has 0 radical (unpaired) electrons. The van der Waals surface area contributed by atoms with Crippen LogP contribution in [0.2, 0.25) is 0 Å². The largest absolute Gasteiger partial charge is 0.497 e. The Hall–Kier alpha value is -2.49. The summed E-state index contributed by atoms with van der Waals surface area (Å²) in [7, 11) is 5.14. The second-order valence-corrected chi connectivity index (χ2v) is 8.19. The number of benzene rings is 2. The summed E-state index contributed by atoms with van der Waals surface area (Å²) < 4.78 is 11.2. The summed E-state index contributed by atoms with van der Waals surface area (Å²) in [6.07, 6.45) is 3.34. The van der Waals surface area contributed by atoms with Gasteiger partial charge >= 0.3 is 0 Å². The molecule has 3 rings (SSSR count). The lowest BCUT2D eigenvalue weighted by molar-refractivity contribution is -0.127. The van der Waals surface area contributed by atoms with Gasteiger partial charge in [0.15, 0.2) is 5.96 Å². The van der Waals surface area contributed by atoms with Gasteiger partial charge in [-0.3, -0.25) is 4.79 Å². The molecule has 2 aromatic rings. The summed E-state index contributed by atoms with van der Waals surface area (Å²) in [5, 5.41) is 6.48. The summed E-state index contributed by atoms with van der Waals surface area (Å²) >= 11 is 0. The molecule has 1 aliphatic rings. The predicted molar refractivity (Wildman–Crippen MR) is 143 cm³/mol. The van der Waals surface area contributed by atoms with Gasteiger partial charge in [0.1, 0.15) is 11.5 Å². The van der Waals surface area contributed by atoms with Crippen molar-refractivity contribution in [3.8, 4) is 11.5 Å². The highest BCUT2D eigenvalue weighted by molar-refractivity contribution is 14.0. The molecule has 2 aromatic carbocycles. The summed E-state index contributed by atoms with van der Waals surface area (Å²) in [6.45, 7) is 2.10. The number of guanidine groups is 1. The van der Waals surface area contributed by atoms with E-state index in [1.807, 2.05) is 48.5 Å². The Kier molecular flexibility index (Phi) is 11.3. The van der Waals surface area contributed by atoms with Crippen LogP contribution < -0.4 is 20.1 Å². The normalized spacial score (nSPS) is 13.0. The second kappa shape index (κ2) is 13.9. The zero-order valence-corrected chi connectivity index (χ0v) is 22.0. The molecule has 8 heteroatoms. The Morgan fingerprint density at radius 1 is 1.09 bits per heavy atom. The van der Waals surface area contributed by atoms with Gasteiger partial charge in [-0.05, 0) is 48.9 Å². The molecule has 0 unspecified atom stereocenters. The van der Waals surface area contributed by atoms with Gasteiger partial charge in [-0.15, -0.1) is 24.0 Å². The highest BCUT2D eigenvalue weighted by atomic mass is 127. The molecular weight excluding hydrogens is 531 g/mol. The number of rotatable bonds is 11. The van der Waals surface area contributed by atoms with E-state index >= 15 is 0 Å². The Bertz CT molecular complexity index is 899. The van der Waals surface area contributed by atoms with Crippen molar-refractivity contribution in [2.45, 2.75) is 25.8 Å². The van der Waals surface area contributed by atoms with Gasteiger partial charge in [-0.25, -0.2) is 4.99 Å². The summed E-state index contributed by atoms with van der Waals surface area (Å²) in [5.74, 6) is 3.01. The fourth-order valence-corrected chi connectivity index (χ4v) is 3.04. The van der Waals surface area contributed by atoms with Gasteiger partial charge < -0.3 is 25.0 Å². The number of carbonyl (C=O) groups is 1. The number of hydrogen-bond donors (Lipinski definition) is 2. The maximum absolute atomic E-state index is 12.0. The third-order valence-electron chi connectivity index (χ3n) is 5.32. The Morgan fingerprint density at radius 3 is 2.48 bits per heavy atom. The first kappa shape index (κ1) is 26.8. The summed E-state index contributed by atoms with van der Waals surface area (Å²) in [4.78, 5) is 18.3. The molecular formula is C25H35IN4O3. The first-order valence-corrected chi connectivity index (χ1v) is 11.1. The van der Waals surface area contributed by atoms with Crippen molar-refractivity contribution in [1.82, 2.24) is 15.5 Å². The molecule has 1 amide bonds. The highest BCUT2D eigenvalue weighted by Crippen LogP contribution is 2.30. The first-order chi connectivity index (χ1) is 15.5. The number of nitrogens with zero attached hydrogens (tertiary/aromatic N) is 2. The molecule has 1 fully saturated rings. The Morgan fingerprint density at radius 2 is 1.82 bits per heavy atom. The molecule has 1 aliphatic carbocycles. The van der Waals surface area contributed by atoms with Crippen LogP contribution in [0.25, 0.3) is 0 Å². The Labute approximate surface area is 214 Å². The third kappa shape index (κ3) is 9.49. The van der Waals surface area contributed by atoms with Crippen molar-refractivity contribution in [1.29, 1.82) is 0 Å². The first-order valence-electron chi connectivity index (χ1n) is 11.1. The number of nitrogens with one attached hydrogen (secondary N) is 2. The number of aliphatic imine (C=N–C) groups is 1. The van der Waals surface area contributed by atoms with Crippen LogP contribution in [0.4, 0.5) is 0 Å². The van der Waals surface area contributed by atoms with Crippen molar-refractivity contribution in [2.75, 3.05) is 40.9 Å². The quantitative estimate of drug-likeness (QED) is 0.248. The van der Waals surface area contributed by atoms with Crippen LogP contribution in [0.1, 0.15) is 24.0 Å². The SMILES string of the molecule is COc1ccc(CCNC(=NCc2ccccc2OCC2CC2)NCC(=O)N(C)C)cc1.I. The van der Waals surface area contributed by atoms with E-state index in [4.69, 9.17) is 14.5 Å². The maximum atomic E-state index is 12.0. The number of halogens is 1. The zero-order chi connectivity index (χ0) is 22.8. The van der Waals surface area contributed by atoms with E-state index in [2.05, 4.69) is 10.6 Å². The number of likely N-dealkylation sites (N-methyl/N-ethyl adjacent to an activating group) is 1. The van der Waals surface area contributed by atoms with Crippen molar-refractivity contribution in [2.24, 2.45) is 10.9 Å².